The van der Waals surface area contributed by atoms with E-state index < -0.39 is 0 Å². The summed E-state index contributed by atoms with van der Waals surface area (Å²) in [6.07, 6.45) is 3.81. The van der Waals surface area contributed by atoms with Crippen LogP contribution in [0.4, 0.5) is 4.39 Å². The van der Waals surface area contributed by atoms with Crippen LogP contribution in [0.5, 0.6) is 0 Å². The summed E-state index contributed by atoms with van der Waals surface area (Å²) in [5.74, 6) is -0.140. The predicted molar refractivity (Wildman–Crippen MR) is 97.1 cm³/mol. The summed E-state index contributed by atoms with van der Waals surface area (Å²) in [6, 6.07) is 6.22. The number of amides is 1. The Morgan fingerprint density at radius 1 is 1.36 bits per heavy atom. The SMILES string of the molecule is CC(c1ccc(F)cc1)N(C)C(=O)[C@H]1CNC[C@@H]1c1cnn(C)c1.Cl. The van der Waals surface area contributed by atoms with E-state index in [1.54, 1.807) is 21.7 Å². The molecule has 1 aromatic heterocycles. The highest BCUT2D eigenvalue weighted by Crippen LogP contribution is 2.31. The van der Waals surface area contributed by atoms with E-state index in [2.05, 4.69) is 10.4 Å². The predicted octanol–water partition coefficient (Wildman–Crippen LogP) is 2.50. The second-order valence-electron chi connectivity index (χ2n) is 6.50. The Labute approximate surface area is 153 Å². The van der Waals surface area contributed by atoms with Gasteiger partial charge in [0.2, 0.25) is 5.91 Å². The Kier molecular flexibility index (Phi) is 6.19. The van der Waals surface area contributed by atoms with Crippen LogP contribution in [-0.2, 0) is 11.8 Å². The van der Waals surface area contributed by atoms with E-state index in [0.29, 0.717) is 6.54 Å². The van der Waals surface area contributed by atoms with Crippen LogP contribution in [0, 0.1) is 11.7 Å². The minimum Gasteiger partial charge on any atom is -0.339 e. The number of hydrogen-bond acceptors (Lipinski definition) is 3. The summed E-state index contributed by atoms with van der Waals surface area (Å²) in [4.78, 5) is 14.8. The molecule has 1 saturated heterocycles. The van der Waals surface area contributed by atoms with E-state index >= 15 is 0 Å². The summed E-state index contributed by atoms with van der Waals surface area (Å²) in [5.41, 5.74) is 2.01. The van der Waals surface area contributed by atoms with Crippen molar-refractivity contribution >= 4 is 18.3 Å². The second-order valence-corrected chi connectivity index (χ2v) is 6.50. The molecule has 1 aliphatic rings. The Bertz CT molecular complexity index is 718. The van der Waals surface area contributed by atoms with E-state index in [0.717, 1.165) is 17.7 Å². The van der Waals surface area contributed by atoms with Crippen LogP contribution in [0.3, 0.4) is 0 Å². The molecule has 3 atom stereocenters. The lowest BCUT2D eigenvalue weighted by molar-refractivity contribution is -0.136. The zero-order valence-corrected chi connectivity index (χ0v) is 15.5. The van der Waals surface area contributed by atoms with Gasteiger partial charge in [-0.3, -0.25) is 9.48 Å². The first-order chi connectivity index (χ1) is 11.5. The summed E-state index contributed by atoms with van der Waals surface area (Å²) in [7, 11) is 3.69. The number of aromatic nitrogens is 2. The molecule has 2 heterocycles. The monoisotopic (exact) mass is 366 g/mol. The normalized spacial score (nSPS) is 20.8. The molecular weight excluding hydrogens is 343 g/mol. The molecule has 1 unspecified atom stereocenters. The van der Waals surface area contributed by atoms with Gasteiger partial charge in [0.25, 0.3) is 0 Å². The molecule has 0 aliphatic carbocycles. The van der Waals surface area contributed by atoms with E-state index in [-0.39, 0.29) is 42.0 Å². The molecule has 1 aliphatic heterocycles. The molecule has 7 heteroatoms. The fraction of sp³-hybridized carbons (Fsp3) is 0.444. The van der Waals surface area contributed by atoms with Crippen LogP contribution in [0.25, 0.3) is 0 Å². The minimum absolute atomic E-state index is 0. The quantitative estimate of drug-likeness (QED) is 0.904. The van der Waals surface area contributed by atoms with E-state index in [1.165, 1.54) is 12.1 Å². The molecule has 0 bridgehead atoms. The number of halogens is 2. The number of nitrogens with zero attached hydrogens (tertiary/aromatic N) is 3. The highest BCUT2D eigenvalue weighted by atomic mass is 35.5. The summed E-state index contributed by atoms with van der Waals surface area (Å²) in [5, 5.41) is 7.54. The van der Waals surface area contributed by atoms with Crippen molar-refractivity contribution in [2.75, 3.05) is 20.1 Å². The zero-order valence-electron chi connectivity index (χ0n) is 14.6. The topological polar surface area (TPSA) is 50.2 Å². The van der Waals surface area contributed by atoms with Crippen LogP contribution in [0.2, 0.25) is 0 Å². The Morgan fingerprint density at radius 3 is 2.64 bits per heavy atom. The van der Waals surface area contributed by atoms with Gasteiger partial charge in [0.05, 0.1) is 18.2 Å². The third kappa shape index (κ3) is 4.02. The number of carbonyl (C=O) groups excluding carboxylic acids is 1. The van der Waals surface area contributed by atoms with Crippen molar-refractivity contribution in [1.29, 1.82) is 0 Å². The van der Waals surface area contributed by atoms with Gasteiger partial charge in [-0.25, -0.2) is 4.39 Å². The summed E-state index contributed by atoms with van der Waals surface area (Å²) < 4.78 is 14.9. The molecule has 1 amide bonds. The second kappa shape index (κ2) is 7.97. The van der Waals surface area contributed by atoms with E-state index in [1.807, 2.05) is 33.4 Å². The third-order valence-corrected chi connectivity index (χ3v) is 4.97. The van der Waals surface area contributed by atoms with Gasteiger partial charge in [0.1, 0.15) is 5.82 Å². The smallest absolute Gasteiger partial charge is 0.227 e. The number of hydrogen-bond donors (Lipinski definition) is 1. The van der Waals surface area contributed by atoms with Gasteiger partial charge in [-0.2, -0.15) is 5.10 Å². The lowest BCUT2D eigenvalue weighted by Crippen LogP contribution is -2.37. The van der Waals surface area contributed by atoms with Crippen LogP contribution >= 0.6 is 12.4 Å². The molecule has 1 aromatic carbocycles. The first kappa shape index (κ1) is 19.4. The van der Waals surface area contributed by atoms with Crippen molar-refractivity contribution in [3.8, 4) is 0 Å². The molecule has 2 aromatic rings. The van der Waals surface area contributed by atoms with Gasteiger partial charge in [-0.05, 0) is 30.2 Å². The van der Waals surface area contributed by atoms with Crippen LogP contribution in [0.1, 0.15) is 30.0 Å². The average molecular weight is 367 g/mol. The number of benzene rings is 1. The van der Waals surface area contributed by atoms with Crippen molar-refractivity contribution in [3.63, 3.8) is 0 Å². The van der Waals surface area contributed by atoms with Gasteiger partial charge in [-0.1, -0.05) is 12.1 Å². The van der Waals surface area contributed by atoms with Gasteiger partial charge >= 0.3 is 0 Å². The molecule has 0 radical (unpaired) electrons. The van der Waals surface area contributed by atoms with Gasteiger partial charge in [0, 0.05) is 39.3 Å². The fourth-order valence-electron chi connectivity index (χ4n) is 3.34. The standard InChI is InChI=1S/C18H23FN4O.ClH/c1-12(13-4-6-15(19)7-5-13)23(3)18(24)17-10-20-9-16(17)14-8-21-22(2)11-14;/h4-8,11-12,16-17,20H,9-10H2,1-3H3;1H/t12?,16-,17+;/m1./s1. The molecule has 0 saturated carbocycles. The van der Waals surface area contributed by atoms with E-state index in [9.17, 15) is 9.18 Å². The van der Waals surface area contributed by atoms with Crippen molar-refractivity contribution < 1.29 is 9.18 Å². The zero-order chi connectivity index (χ0) is 17.3. The molecule has 3 rings (SSSR count). The largest absolute Gasteiger partial charge is 0.339 e. The number of carbonyl (C=O) groups is 1. The lowest BCUT2D eigenvalue weighted by atomic mass is 9.89. The Morgan fingerprint density at radius 2 is 2.04 bits per heavy atom. The average Bonchev–Trinajstić information content (AvgIpc) is 3.22. The molecule has 0 spiro atoms. The maximum atomic E-state index is 13.1. The summed E-state index contributed by atoms with van der Waals surface area (Å²) >= 11 is 0. The molecule has 1 fully saturated rings. The first-order valence-corrected chi connectivity index (χ1v) is 8.18. The third-order valence-electron chi connectivity index (χ3n) is 4.97. The molecular formula is C18H24ClFN4O. The number of nitrogens with one attached hydrogen (secondary N) is 1. The molecule has 5 nitrogen and oxygen atoms in total. The van der Waals surface area contributed by atoms with Crippen molar-refractivity contribution in [2.24, 2.45) is 13.0 Å². The molecule has 136 valence electrons. The van der Waals surface area contributed by atoms with Crippen LogP contribution in [-0.4, -0.2) is 40.7 Å². The molecule has 1 N–H and O–H groups in total. The number of aryl methyl sites for hydroxylation is 1. The Balaban J connectivity index is 0.00000225. The van der Waals surface area contributed by atoms with Gasteiger partial charge < -0.3 is 10.2 Å². The van der Waals surface area contributed by atoms with Crippen molar-refractivity contribution in [1.82, 2.24) is 20.0 Å². The van der Waals surface area contributed by atoms with Crippen LogP contribution in [0.15, 0.2) is 36.7 Å². The van der Waals surface area contributed by atoms with Gasteiger partial charge in [-0.15, -0.1) is 12.4 Å². The van der Waals surface area contributed by atoms with Gasteiger partial charge in [0.15, 0.2) is 0 Å². The lowest BCUT2D eigenvalue weighted by Gasteiger charge is -2.29. The van der Waals surface area contributed by atoms with E-state index in [4.69, 9.17) is 0 Å². The Hall–Kier alpha value is -1.92. The highest BCUT2D eigenvalue weighted by Gasteiger charge is 2.37. The first-order valence-electron chi connectivity index (χ1n) is 8.18. The maximum Gasteiger partial charge on any atom is 0.227 e. The number of rotatable bonds is 4. The highest BCUT2D eigenvalue weighted by molar-refractivity contribution is 5.85. The minimum atomic E-state index is -0.267. The van der Waals surface area contributed by atoms with Crippen LogP contribution < -0.4 is 5.32 Å². The van der Waals surface area contributed by atoms with Crippen molar-refractivity contribution in [3.05, 3.63) is 53.6 Å². The molecule has 25 heavy (non-hydrogen) atoms. The van der Waals surface area contributed by atoms with Crippen molar-refractivity contribution in [2.45, 2.75) is 18.9 Å². The summed E-state index contributed by atoms with van der Waals surface area (Å²) in [6.45, 7) is 3.41. The maximum absolute atomic E-state index is 13.1. The fourth-order valence-corrected chi connectivity index (χ4v) is 3.34.